The van der Waals surface area contributed by atoms with E-state index in [-0.39, 0.29) is 0 Å². The number of pyridine rings is 2. The number of unbranched alkanes of at least 4 members (excludes halogenated alkanes) is 3. The van der Waals surface area contributed by atoms with E-state index in [0.29, 0.717) is 24.5 Å². The highest BCUT2D eigenvalue weighted by atomic mass is 16.4. The van der Waals surface area contributed by atoms with Gasteiger partial charge in [-0.2, -0.15) is 0 Å². The Kier molecular flexibility index (Phi) is 8.97. The Balaban J connectivity index is 1.20. The summed E-state index contributed by atoms with van der Waals surface area (Å²) in [5.74, 6) is 0. The lowest BCUT2D eigenvalue weighted by Crippen LogP contribution is -2.28. The Hall–Kier alpha value is -5.24. The van der Waals surface area contributed by atoms with Crippen LogP contribution in [-0.2, 0) is 12.8 Å². The van der Waals surface area contributed by atoms with Crippen molar-refractivity contribution in [3.63, 3.8) is 0 Å². The first kappa shape index (κ1) is 30.8. The number of benzene rings is 4. The van der Waals surface area contributed by atoms with Crippen LogP contribution in [0.2, 0.25) is 0 Å². The zero-order chi connectivity index (χ0) is 32.2. The first-order valence-electron chi connectivity index (χ1n) is 16.0. The number of para-hydroxylation sites is 2. The van der Waals surface area contributed by atoms with Crippen molar-refractivity contribution in [3.05, 3.63) is 96.3 Å². The molecule has 0 saturated carbocycles. The van der Waals surface area contributed by atoms with Gasteiger partial charge in [-0.05, 0) is 86.7 Å². The van der Waals surface area contributed by atoms with Gasteiger partial charge in [-0.1, -0.05) is 61.4 Å². The van der Waals surface area contributed by atoms with E-state index in [9.17, 15) is 19.8 Å². The fraction of sp³-hybridized carbons (Fsp3) is 0.263. The van der Waals surface area contributed by atoms with Crippen molar-refractivity contribution < 1.29 is 19.8 Å². The van der Waals surface area contributed by atoms with Crippen LogP contribution in [0.25, 0.3) is 43.4 Å². The van der Waals surface area contributed by atoms with E-state index in [4.69, 9.17) is 9.97 Å². The maximum Gasteiger partial charge on any atom is 0.411 e. The maximum absolute atomic E-state index is 11.8. The molecule has 0 atom stereocenters. The van der Waals surface area contributed by atoms with Crippen LogP contribution in [0.1, 0.15) is 50.9 Å². The molecule has 0 spiro atoms. The monoisotopic (exact) mass is 614 g/mol. The predicted molar refractivity (Wildman–Crippen MR) is 186 cm³/mol. The molecular formula is C38H38N4O4. The van der Waals surface area contributed by atoms with Gasteiger partial charge in [0.15, 0.2) is 0 Å². The third-order valence-electron chi connectivity index (χ3n) is 8.82. The molecule has 6 aromatic rings. The molecule has 0 unspecified atom stereocenters. The Morgan fingerprint density at radius 2 is 0.957 bits per heavy atom. The smallest absolute Gasteiger partial charge is 0.411 e. The quantitative estimate of drug-likeness (QED) is 0.111. The van der Waals surface area contributed by atoms with E-state index < -0.39 is 12.2 Å². The van der Waals surface area contributed by atoms with Crippen LogP contribution in [0.3, 0.4) is 0 Å². The topological polar surface area (TPSA) is 107 Å². The summed E-state index contributed by atoms with van der Waals surface area (Å²) in [5.41, 5.74) is 5.19. The number of aryl methyl sites for hydroxylation is 2. The number of carboxylic acid groups (broad SMARTS) is 2. The highest BCUT2D eigenvalue weighted by Gasteiger charge is 2.17. The summed E-state index contributed by atoms with van der Waals surface area (Å²) in [5, 5.41) is 25.7. The summed E-state index contributed by atoms with van der Waals surface area (Å²) < 4.78 is 0. The predicted octanol–water partition coefficient (Wildman–Crippen LogP) is 9.44. The SMILES string of the molecule is CCN(C(=O)O)c1ccc2c(c1)c(CCCCCCc1nc3ccccc3c3ccc(N(CC)C(=O)O)cc13)nc1ccccc12. The zero-order valence-electron chi connectivity index (χ0n) is 26.2. The molecule has 6 rings (SSSR count). The molecule has 2 aromatic heterocycles. The number of anilines is 2. The summed E-state index contributed by atoms with van der Waals surface area (Å²) >= 11 is 0. The molecule has 0 saturated heterocycles. The second-order valence-corrected chi connectivity index (χ2v) is 11.6. The van der Waals surface area contributed by atoms with Crippen LogP contribution in [-0.4, -0.2) is 45.5 Å². The zero-order valence-corrected chi connectivity index (χ0v) is 26.2. The average molecular weight is 615 g/mol. The van der Waals surface area contributed by atoms with Crippen LogP contribution in [0.4, 0.5) is 21.0 Å². The highest BCUT2D eigenvalue weighted by Crippen LogP contribution is 2.33. The number of aromatic nitrogens is 2. The molecule has 0 radical (unpaired) electrons. The molecule has 0 bridgehead atoms. The standard InChI is InChI=1S/C38H38N4O4/c1-3-41(37(43)44)25-19-21-27-29-13-9-11-17-33(29)39-35(31(27)23-25)15-7-5-6-8-16-36-32-24-26(42(4-2)38(45)46)20-22-28(32)30-14-10-12-18-34(30)40-36/h9-14,17-24H,3-8,15-16H2,1-2H3,(H,43,44)(H,45,46). The Bertz CT molecular complexity index is 1930. The highest BCUT2D eigenvalue weighted by molar-refractivity contribution is 6.09. The molecule has 8 heteroatoms. The van der Waals surface area contributed by atoms with Gasteiger partial charge in [-0.15, -0.1) is 0 Å². The average Bonchev–Trinajstić information content (AvgIpc) is 3.06. The van der Waals surface area contributed by atoms with Crippen LogP contribution < -0.4 is 9.80 Å². The van der Waals surface area contributed by atoms with E-state index in [1.807, 2.05) is 86.6 Å². The summed E-state index contributed by atoms with van der Waals surface area (Å²) in [6, 6.07) is 27.9. The van der Waals surface area contributed by atoms with Gasteiger partial charge in [-0.3, -0.25) is 19.8 Å². The minimum absolute atomic E-state index is 0.371. The van der Waals surface area contributed by atoms with Crippen LogP contribution in [0.5, 0.6) is 0 Å². The molecular weight excluding hydrogens is 576 g/mol. The van der Waals surface area contributed by atoms with Gasteiger partial charge in [0.2, 0.25) is 0 Å². The van der Waals surface area contributed by atoms with Crippen molar-refractivity contribution in [2.75, 3.05) is 22.9 Å². The number of rotatable bonds is 11. The lowest BCUT2D eigenvalue weighted by molar-refractivity contribution is 0.201. The van der Waals surface area contributed by atoms with Gasteiger partial charge in [0.05, 0.1) is 11.0 Å². The minimum Gasteiger partial charge on any atom is -0.465 e. The molecule has 4 aromatic carbocycles. The fourth-order valence-corrected chi connectivity index (χ4v) is 6.53. The minimum atomic E-state index is -0.966. The first-order valence-corrected chi connectivity index (χ1v) is 16.0. The molecule has 8 nitrogen and oxygen atoms in total. The summed E-state index contributed by atoms with van der Waals surface area (Å²) in [4.78, 5) is 36.4. The summed E-state index contributed by atoms with van der Waals surface area (Å²) in [6.07, 6.45) is 3.62. The molecule has 0 fully saturated rings. The van der Waals surface area contributed by atoms with Gasteiger partial charge in [0, 0.05) is 57.4 Å². The number of carbonyl (C=O) groups is 2. The first-order chi connectivity index (χ1) is 22.4. The molecule has 0 aliphatic heterocycles. The van der Waals surface area contributed by atoms with Crippen molar-refractivity contribution in [1.82, 2.24) is 9.97 Å². The van der Waals surface area contributed by atoms with Gasteiger partial charge >= 0.3 is 12.2 Å². The summed E-state index contributed by atoms with van der Waals surface area (Å²) in [6.45, 7) is 4.42. The molecule has 234 valence electrons. The normalized spacial score (nSPS) is 11.4. The molecule has 2 amide bonds. The van der Waals surface area contributed by atoms with Crippen LogP contribution in [0.15, 0.2) is 84.9 Å². The van der Waals surface area contributed by atoms with Crippen LogP contribution >= 0.6 is 0 Å². The second-order valence-electron chi connectivity index (χ2n) is 11.6. The largest absolute Gasteiger partial charge is 0.465 e. The van der Waals surface area contributed by atoms with Crippen molar-refractivity contribution in [2.45, 2.75) is 52.4 Å². The maximum atomic E-state index is 11.8. The second kappa shape index (κ2) is 13.4. The van der Waals surface area contributed by atoms with Crippen LogP contribution in [0, 0.1) is 0 Å². The number of hydrogen-bond acceptors (Lipinski definition) is 4. The summed E-state index contributed by atoms with van der Waals surface area (Å²) in [7, 11) is 0. The van der Waals surface area contributed by atoms with E-state index in [0.717, 1.165) is 93.3 Å². The molecule has 0 aliphatic carbocycles. The molecule has 2 N–H and O–H groups in total. The van der Waals surface area contributed by atoms with Gasteiger partial charge < -0.3 is 10.2 Å². The van der Waals surface area contributed by atoms with Gasteiger partial charge in [-0.25, -0.2) is 9.59 Å². The Labute approximate surface area is 267 Å². The number of fused-ring (bicyclic) bond motifs is 6. The van der Waals surface area contributed by atoms with Gasteiger partial charge in [0.1, 0.15) is 0 Å². The lowest BCUT2D eigenvalue weighted by Gasteiger charge is -2.19. The van der Waals surface area contributed by atoms with E-state index in [1.54, 1.807) is 0 Å². The molecule has 2 heterocycles. The van der Waals surface area contributed by atoms with E-state index >= 15 is 0 Å². The van der Waals surface area contributed by atoms with Crippen molar-refractivity contribution in [3.8, 4) is 0 Å². The molecule has 46 heavy (non-hydrogen) atoms. The third kappa shape index (κ3) is 6.03. The number of amides is 2. The van der Waals surface area contributed by atoms with Crippen molar-refractivity contribution >= 4 is 66.9 Å². The number of hydrogen-bond donors (Lipinski definition) is 2. The van der Waals surface area contributed by atoms with Gasteiger partial charge in [0.25, 0.3) is 0 Å². The number of nitrogens with zero attached hydrogens (tertiary/aromatic N) is 4. The fourth-order valence-electron chi connectivity index (χ4n) is 6.53. The van der Waals surface area contributed by atoms with E-state index in [1.165, 1.54) is 9.80 Å². The molecule has 0 aliphatic rings. The van der Waals surface area contributed by atoms with E-state index in [2.05, 4.69) is 12.1 Å². The van der Waals surface area contributed by atoms with Crippen molar-refractivity contribution in [1.29, 1.82) is 0 Å². The third-order valence-corrected chi connectivity index (χ3v) is 8.82. The Morgan fingerprint density at radius 1 is 0.543 bits per heavy atom. The lowest BCUT2D eigenvalue weighted by atomic mass is 9.98. The Morgan fingerprint density at radius 3 is 1.35 bits per heavy atom. The van der Waals surface area contributed by atoms with Crippen molar-refractivity contribution in [2.24, 2.45) is 0 Å².